The molecule has 0 unspecified atom stereocenters. The fraction of sp³-hybridized carbons (Fsp3) is 0. The van der Waals surface area contributed by atoms with Crippen molar-refractivity contribution in [2.75, 3.05) is 0 Å². The van der Waals surface area contributed by atoms with Crippen molar-refractivity contribution in [1.82, 2.24) is 4.98 Å². The monoisotopic (exact) mass is 128 g/mol. The average Bonchev–Trinajstić information content (AvgIpc) is 1.83. The summed E-state index contributed by atoms with van der Waals surface area (Å²) in [7, 11) is 0. The Hall–Kier alpha value is -0.990. The minimum absolute atomic E-state index is 0.0185. The number of hydrogen-bond acceptors (Lipinski definition) is 1. The molecule has 0 spiro atoms. The zero-order chi connectivity index (χ0) is 6.85. The molecule has 1 aromatic heterocycles. The van der Waals surface area contributed by atoms with Gasteiger partial charge in [0.15, 0.2) is 11.6 Å². The van der Waals surface area contributed by atoms with E-state index >= 15 is 0 Å². The van der Waals surface area contributed by atoms with E-state index in [1.165, 1.54) is 6.20 Å². The Balaban J connectivity index is 3.25. The summed E-state index contributed by atoms with van der Waals surface area (Å²) in [5.41, 5.74) is -0.0185. The van der Waals surface area contributed by atoms with E-state index in [1.54, 1.807) is 0 Å². The molecule has 0 aliphatic heterocycles. The van der Waals surface area contributed by atoms with Crippen LogP contribution in [0.5, 0.6) is 0 Å². The van der Waals surface area contributed by atoms with Crippen molar-refractivity contribution in [3.63, 3.8) is 0 Å². The van der Waals surface area contributed by atoms with Gasteiger partial charge < -0.3 is 0 Å². The second-order valence-electron chi connectivity index (χ2n) is 1.59. The van der Waals surface area contributed by atoms with Gasteiger partial charge in [-0.3, -0.25) is 4.98 Å². The van der Waals surface area contributed by atoms with Crippen molar-refractivity contribution in [3.8, 4) is 0 Å². The SMILES string of the molecule is [CH2]c1cncc(F)c1F. The van der Waals surface area contributed by atoms with E-state index in [4.69, 9.17) is 0 Å². The van der Waals surface area contributed by atoms with Crippen LogP contribution in [-0.2, 0) is 0 Å². The molecule has 0 aromatic carbocycles. The zero-order valence-electron chi connectivity index (χ0n) is 4.56. The lowest BCUT2D eigenvalue weighted by molar-refractivity contribution is 0.500. The van der Waals surface area contributed by atoms with Crippen LogP contribution >= 0.6 is 0 Å². The topological polar surface area (TPSA) is 12.9 Å². The van der Waals surface area contributed by atoms with Crippen LogP contribution in [0.2, 0.25) is 0 Å². The lowest BCUT2D eigenvalue weighted by Crippen LogP contribution is -1.88. The van der Waals surface area contributed by atoms with Gasteiger partial charge in [-0.15, -0.1) is 0 Å². The standard InChI is InChI=1S/C6H4F2N/c1-4-2-9-3-5(7)6(4)8/h2-3H,1H2. The van der Waals surface area contributed by atoms with Crippen LogP contribution in [0.4, 0.5) is 8.78 Å². The Bertz CT molecular complexity index is 202. The van der Waals surface area contributed by atoms with Gasteiger partial charge in [0.25, 0.3) is 0 Å². The summed E-state index contributed by atoms with van der Waals surface area (Å²) in [6.07, 6.45) is 1.97. The highest BCUT2D eigenvalue weighted by molar-refractivity contribution is 5.15. The summed E-state index contributed by atoms with van der Waals surface area (Å²) < 4.78 is 24.4. The molecule has 1 radical (unpaired) electrons. The van der Waals surface area contributed by atoms with Gasteiger partial charge in [-0.1, -0.05) is 0 Å². The molecule has 1 rings (SSSR count). The zero-order valence-corrected chi connectivity index (χ0v) is 4.56. The van der Waals surface area contributed by atoms with Crippen LogP contribution in [0.3, 0.4) is 0 Å². The van der Waals surface area contributed by atoms with E-state index in [1.807, 2.05) is 0 Å². The molecule has 3 heteroatoms. The molecule has 0 saturated heterocycles. The van der Waals surface area contributed by atoms with Gasteiger partial charge >= 0.3 is 0 Å². The van der Waals surface area contributed by atoms with Crippen LogP contribution < -0.4 is 0 Å². The molecule has 1 nitrogen and oxygen atoms in total. The highest BCUT2D eigenvalue weighted by atomic mass is 19.2. The minimum atomic E-state index is -0.956. The van der Waals surface area contributed by atoms with Crippen LogP contribution in [0.1, 0.15) is 5.56 Å². The molecular weight excluding hydrogens is 124 g/mol. The van der Waals surface area contributed by atoms with Crippen molar-refractivity contribution in [2.24, 2.45) is 0 Å². The van der Waals surface area contributed by atoms with E-state index in [0.717, 1.165) is 6.20 Å². The maximum atomic E-state index is 12.3. The third-order valence-corrected chi connectivity index (χ3v) is 0.910. The van der Waals surface area contributed by atoms with Crippen LogP contribution in [0.25, 0.3) is 0 Å². The van der Waals surface area contributed by atoms with Crippen molar-refractivity contribution in [2.45, 2.75) is 0 Å². The van der Waals surface area contributed by atoms with Gasteiger partial charge in [-0.2, -0.15) is 0 Å². The van der Waals surface area contributed by atoms with E-state index in [0.29, 0.717) is 0 Å². The lowest BCUT2D eigenvalue weighted by Gasteiger charge is -1.92. The quantitative estimate of drug-likeness (QED) is 0.516. The number of aromatic nitrogens is 1. The van der Waals surface area contributed by atoms with E-state index in [9.17, 15) is 8.78 Å². The number of nitrogens with zero attached hydrogens (tertiary/aromatic N) is 1. The first kappa shape index (κ1) is 6.13. The van der Waals surface area contributed by atoms with Crippen LogP contribution in [0.15, 0.2) is 12.4 Å². The summed E-state index contributed by atoms with van der Waals surface area (Å²) in [4.78, 5) is 3.37. The third kappa shape index (κ3) is 1.04. The van der Waals surface area contributed by atoms with Gasteiger partial charge in [0.1, 0.15) is 0 Å². The average molecular weight is 128 g/mol. The lowest BCUT2D eigenvalue weighted by atomic mass is 10.3. The van der Waals surface area contributed by atoms with E-state index < -0.39 is 11.6 Å². The van der Waals surface area contributed by atoms with Crippen molar-refractivity contribution >= 4 is 0 Å². The number of halogens is 2. The molecule has 0 fully saturated rings. The molecule has 47 valence electrons. The largest absolute Gasteiger partial charge is 0.261 e. The molecule has 0 saturated carbocycles. The highest BCUT2D eigenvalue weighted by Gasteiger charge is 2.02. The second-order valence-corrected chi connectivity index (χ2v) is 1.59. The minimum Gasteiger partial charge on any atom is -0.261 e. The molecule has 0 atom stereocenters. The summed E-state index contributed by atoms with van der Waals surface area (Å²) in [6.45, 7) is 3.20. The Kier molecular flexibility index (Phi) is 1.42. The third-order valence-electron chi connectivity index (χ3n) is 0.910. The Labute approximate surface area is 51.3 Å². The van der Waals surface area contributed by atoms with E-state index in [-0.39, 0.29) is 5.56 Å². The van der Waals surface area contributed by atoms with E-state index in [2.05, 4.69) is 11.9 Å². The summed E-state index contributed by atoms with van der Waals surface area (Å²) in [6, 6.07) is 0. The van der Waals surface area contributed by atoms with Crippen molar-refractivity contribution in [3.05, 3.63) is 36.5 Å². The summed E-state index contributed by atoms with van der Waals surface area (Å²) in [5.74, 6) is -1.88. The summed E-state index contributed by atoms with van der Waals surface area (Å²) >= 11 is 0. The molecule has 0 aliphatic rings. The highest BCUT2D eigenvalue weighted by Crippen LogP contribution is 2.06. The molecule has 0 bridgehead atoms. The fourth-order valence-corrected chi connectivity index (χ4v) is 0.459. The predicted molar refractivity (Wildman–Crippen MR) is 28.6 cm³/mol. The molecule has 1 heterocycles. The second kappa shape index (κ2) is 2.09. The number of hydrogen-bond donors (Lipinski definition) is 0. The summed E-state index contributed by atoms with van der Waals surface area (Å²) in [5, 5.41) is 0. The molecule has 9 heavy (non-hydrogen) atoms. The maximum absolute atomic E-state index is 12.3. The van der Waals surface area contributed by atoms with Crippen LogP contribution in [-0.4, -0.2) is 4.98 Å². The van der Waals surface area contributed by atoms with Crippen molar-refractivity contribution in [1.29, 1.82) is 0 Å². The van der Waals surface area contributed by atoms with Gasteiger partial charge in [0, 0.05) is 11.8 Å². The molecular formula is C6H4F2N. The molecule has 1 aromatic rings. The molecule has 0 amide bonds. The van der Waals surface area contributed by atoms with Crippen molar-refractivity contribution < 1.29 is 8.78 Å². The normalized spacial score (nSPS) is 9.67. The van der Waals surface area contributed by atoms with Crippen LogP contribution in [0, 0.1) is 18.6 Å². The Morgan fingerprint density at radius 1 is 1.33 bits per heavy atom. The van der Waals surface area contributed by atoms with Gasteiger partial charge in [0.2, 0.25) is 0 Å². The first-order chi connectivity index (χ1) is 4.22. The van der Waals surface area contributed by atoms with Gasteiger partial charge in [0.05, 0.1) is 6.20 Å². The smallest absolute Gasteiger partial charge is 0.177 e. The Morgan fingerprint density at radius 3 is 2.44 bits per heavy atom. The first-order valence-corrected chi connectivity index (χ1v) is 2.33. The molecule has 0 N–H and O–H groups in total. The number of rotatable bonds is 0. The van der Waals surface area contributed by atoms with Gasteiger partial charge in [-0.25, -0.2) is 8.78 Å². The fourth-order valence-electron chi connectivity index (χ4n) is 0.459. The molecule has 0 aliphatic carbocycles. The first-order valence-electron chi connectivity index (χ1n) is 2.33. The maximum Gasteiger partial charge on any atom is 0.177 e. The van der Waals surface area contributed by atoms with Gasteiger partial charge in [-0.05, 0) is 6.92 Å². The predicted octanol–water partition coefficient (Wildman–Crippen LogP) is 1.54. The number of pyridine rings is 1. The Morgan fingerprint density at radius 2 is 2.00 bits per heavy atom.